The average molecular weight is 1830 g/mol. The number of carboxylic acid groups (broad SMARTS) is 3. The molecular formula is C92H91N21O21. The minimum Gasteiger partial charge on any atom is -0.477 e. The summed E-state index contributed by atoms with van der Waals surface area (Å²) in [5.74, 6) is 3.22. The number of pyridine rings is 3. The Morgan fingerprint density at radius 3 is 1.27 bits per heavy atom. The molecule has 6 aliphatic heterocycles. The number of benzene rings is 4. The topological polar surface area (TPSA) is 516 Å². The van der Waals surface area contributed by atoms with E-state index in [1.165, 1.54) is 80.3 Å². The summed E-state index contributed by atoms with van der Waals surface area (Å²) in [6, 6.07) is 45.1. The first-order valence-electron chi connectivity index (χ1n) is 43.3. The number of urea groups is 3. The molecule has 9 aromatic heterocycles. The van der Waals surface area contributed by atoms with Crippen molar-refractivity contribution in [2.45, 2.75) is 152 Å². The van der Waals surface area contributed by atoms with Crippen molar-refractivity contribution >= 4 is 86.9 Å². The molecule has 0 spiro atoms. The van der Waals surface area contributed by atoms with Gasteiger partial charge in [0, 0.05) is 55.8 Å². The van der Waals surface area contributed by atoms with Crippen LogP contribution in [-0.4, -0.2) is 232 Å². The number of aromatic carboxylic acids is 3. The van der Waals surface area contributed by atoms with E-state index in [1.54, 1.807) is 33.3 Å². The summed E-state index contributed by atoms with van der Waals surface area (Å²) in [5, 5.41) is 45.0. The fraction of sp³-hybridized carbons (Fsp3) is 0.326. The third kappa shape index (κ3) is 20.7. The molecule has 6 amide bonds. The molecule has 15 atom stereocenters. The molecule has 6 aliphatic rings. The number of unbranched alkanes of at least 4 members (excludes halogenated alkanes) is 3. The van der Waals surface area contributed by atoms with E-state index in [-0.39, 0.29) is 77.6 Å². The number of carbonyl (C=O) groups is 6. The van der Waals surface area contributed by atoms with Crippen molar-refractivity contribution in [2.75, 3.05) is 55.4 Å². The van der Waals surface area contributed by atoms with Gasteiger partial charge in [0.2, 0.25) is 23.9 Å². The van der Waals surface area contributed by atoms with E-state index in [0.717, 1.165) is 59.9 Å². The van der Waals surface area contributed by atoms with E-state index in [9.17, 15) is 44.1 Å². The Kier molecular flexibility index (Phi) is 28.7. The Morgan fingerprint density at radius 1 is 0.403 bits per heavy atom. The predicted molar refractivity (Wildman–Crippen MR) is 474 cm³/mol. The summed E-state index contributed by atoms with van der Waals surface area (Å²) in [4.78, 5) is 123. The summed E-state index contributed by atoms with van der Waals surface area (Å²) in [7, 11) is 0. The number of amides is 6. The van der Waals surface area contributed by atoms with Gasteiger partial charge in [-0.2, -0.15) is 0 Å². The molecule has 19 rings (SSSR count). The molecule has 9 N–H and O–H groups in total. The van der Waals surface area contributed by atoms with E-state index >= 15 is 0 Å². The Hall–Kier alpha value is -15.2. The van der Waals surface area contributed by atoms with Crippen molar-refractivity contribution in [2.24, 2.45) is 0 Å². The maximum Gasteiger partial charge on any atom is 0.341 e. The maximum absolute atomic E-state index is 12.6. The fourth-order valence-corrected chi connectivity index (χ4v) is 16.0. The van der Waals surface area contributed by atoms with Gasteiger partial charge in [0.25, 0.3) is 0 Å². The number of nitrogens with zero attached hydrogens (tertiary/aromatic N) is 15. The second kappa shape index (κ2) is 42.3. The number of fused-ring (bicyclic) bond motifs is 6. The number of nitrogens with one attached hydrogen (secondary N) is 6. The first kappa shape index (κ1) is 90.7. The lowest BCUT2D eigenvalue weighted by molar-refractivity contribution is -0.152. The molecule has 690 valence electrons. The second-order valence-corrected chi connectivity index (χ2v) is 31.0. The summed E-state index contributed by atoms with van der Waals surface area (Å²) in [6.45, 7) is 7.01. The average Bonchev–Trinajstić information content (AvgIpc) is 1.60. The number of anilines is 3. The van der Waals surface area contributed by atoms with Gasteiger partial charge in [-0.3, -0.25) is 29.7 Å². The lowest BCUT2D eigenvalue weighted by Gasteiger charge is -2.22. The third-order valence-corrected chi connectivity index (χ3v) is 22.2. The number of carbonyl (C=O) groups excluding carboxylic acids is 3. The zero-order chi connectivity index (χ0) is 92.6. The van der Waals surface area contributed by atoms with E-state index in [1.807, 2.05) is 110 Å². The van der Waals surface area contributed by atoms with Crippen LogP contribution in [0.15, 0.2) is 208 Å². The molecule has 13 aromatic rings. The van der Waals surface area contributed by atoms with Crippen LogP contribution in [0.1, 0.15) is 126 Å². The van der Waals surface area contributed by atoms with Crippen LogP contribution in [0.2, 0.25) is 0 Å². The number of ether oxygens (including phenoxy) is 12. The minimum absolute atomic E-state index is 0.0185. The summed E-state index contributed by atoms with van der Waals surface area (Å²) in [5.41, 5.74) is 7.07. The Labute approximate surface area is 763 Å². The van der Waals surface area contributed by atoms with Gasteiger partial charge >= 0.3 is 36.0 Å². The molecular weight excluding hydrogens is 1740 g/mol. The van der Waals surface area contributed by atoms with Crippen molar-refractivity contribution < 1.29 is 101 Å². The molecule has 15 unspecified atom stereocenters. The fourth-order valence-electron chi connectivity index (χ4n) is 16.0. The van der Waals surface area contributed by atoms with Crippen LogP contribution >= 0.6 is 0 Å². The van der Waals surface area contributed by atoms with Gasteiger partial charge in [0.1, 0.15) is 110 Å². The zero-order valence-electron chi connectivity index (χ0n) is 72.2. The smallest absolute Gasteiger partial charge is 0.341 e. The van der Waals surface area contributed by atoms with E-state index in [4.69, 9.17) is 56.8 Å². The van der Waals surface area contributed by atoms with E-state index in [2.05, 4.69) is 123 Å². The molecule has 15 heterocycles. The van der Waals surface area contributed by atoms with Gasteiger partial charge in [-0.05, 0) is 97.8 Å². The highest BCUT2D eigenvalue weighted by Gasteiger charge is 2.57. The monoisotopic (exact) mass is 1830 g/mol. The SMILES string of the molecule is CCCCCCNC(=O)Nc1ncnc2c1ncn2C1OC(COc2ncccc2C(=O)O)C2OC(c3ccc(-c4ccccc4)cc3)OC21.CCNC(=O)Nc1ncnc2c1ncn2C1OC(COc2ncccc2C(=O)O)C2OC(C#Cc3ccccc3)OC21.CCNC(=O)Nc1ncnc2c1ncn2C1OC(COc2ncccc2C(=O)O)C2OC(CCc3ccccc3)OC21. The zero-order valence-corrected chi connectivity index (χ0v) is 72.2. The van der Waals surface area contributed by atoms with Gasteiger partial charge in [-0.15, -0.1) is 0 Å². The largest absolute Gasteiger partial charge is 0.477 e. The van der Waals surface area contributed by atoms with Crippen molar-refractivity contribution in [1.82, 2.24) is 89.5 Å². The molecule has 42 nitrogen and oxygen atoms in total. The van der Waals surface area contributed by atoms with E-state index < -0.39 is 122 Å². The Bertz CT molecular complexity index is 6380. The van der Waals surface area contributed by atoms with Crippen LogP contribution in [0.3, 0.4) is 0 Å². The van der Waals surface area contributed by atoms with Gasteiger partial charge in [-0.25, -0.2) is 88.6 Å². The third-order valence-electron chi connectivity index (χ3n) is 22.2. The van der Waals surface area contributed by atoms with Crippen molar-refractivity contribution in [1.29, 1.82) is 0 Å². The highest BCUT2D eigenvalue weighted by molar-refractivity contribution is 5.98. The molecule has 0 aliphatic carbocycles. The maximum atomic E-state index is 12.6. The van der Waals surface area contributed by atoms with Gasteiger partial charge < -0.3 is 88.1 Å². The Balaban J connectivity index is 0.000000141. The first-order valence-corrected chi connectivity index (χ1v) is 43.3. The molecule has 0 radical (unpaired) electrons. The summed E-state index contributed by atoms with van der Waals surface area (Å²) < 4.78 is 79.9. The Morgan fingerprint density at radius 2 is 0.806 bits per heavy atom. The molecule has 134 heavy (non-hydrogen) atoms. The number of carboxylic acids is 3. The second-order valence-electron chi connectivity index (χ2n) is 31.0. The molecule has 6 fully saturated rings. The quantitative estimate of drug-likeness (QED) is 0.0149. The normalized spacial score (nSPS) is 22.2. The van der Waals surface area contributed by atoms with Crippen LogP contribution in [0, 0.1) is 11.8 Å². The number of rotatable bonds is 30. The number of imidazole rings is 3. The predicted octanol–water partition coefficient (Wildman–Crippen LogP) is 10.7. The van der Waals surface area contributed by atoms with Gasteiger partial charge in [0.05, 0.1) is 19.0 Å². The van der Waals surface area contributed by atoms with Crippen molar-refractivity contribution in [3.05, 3.63) is 242 Å². The molecule has 6 saturated heterocycles. The van der Waals surface area contributed by atoms with Crippen LogP contribution in [-0.2, 0) is 49.1 Å². The summed E-state index contributed by atoms with van der Waals surface area (Å²) in [6.07, 6.45) is 8.62. The first-order chi connectivity index (χ1) is 65.5. The highest BCUT2D eigenvalue weighted by Crippen LogP contribution is 2.47. The molecule has 42 heteroatoms. The van der Waals surface area contributed by atoms with Crippen LogP contribution in [0.4, 0.5) is 31.8 Å². The number of hydrogen-bond acceptors (Lipinski definition) is 30. The van der Waals surface area contributed by atoms with Crippen molar-refractivity contribution in [3.8, 4) is 40.6 Å². The van der Waals surface area contributed by atoms with Gasteiger partial charge in [0.15, 0.2) is 82.2 Å². The van der Waals surface area contributed by atoms with Crippen molar-refractivity contribution in [3.63, 3.8) is 0 Å². The minimum atomic E-state index is -1.17. The number of hydrogen-bond donors (Lipinski definition) is 9. The number of aromatic nitrogens is 15. The molecule has 4 aromatic carbocycles. The summed E-state index contributed by atoms with van der Waals surface area (Å²) >= 11 is 0. The molecule has 0 bridgehead atoms. The molecule has 0 saturated carbocycles. The van der Waals surface area contributed by atoms with Crippen LogP contribution in [0.5, 0.6) is 17.6 Å². The highest BCUT2D eigenvalue weighted by atomic mass is 16.8. The lowest BCUT2D eigenvalue weighted by Crippen LogP contribution is -2.33. The lowest BCUT2D eigenvalue weighted by atomic mass is 10.0. The van der Waals surface area contributed by atoms with Crippen LogP contribution < -0.4 is 46.1 Å². The van der Waals surface area contributed by atoms with E-state index in [0.29, 0.717) is 59.5 Å². The van der Waals surface area contributed by atoms with Gasteiger partial charge in [-0.1, -0.05) is 135 Å². The number of aryl methyl sites for hydroxylation is 1. The van der Waals surface area contributed by atoms with Crippen LogP contribution in [0.25, 0.3) is 44.6 Å². The standard InChI is InChI=1S/C36H37N7O7.C28H29N7O7.C28H25N7O7/c1-2-3-4-8-17-38-36(46)42-30-27-31(40-20-39-30)43(21-41-27)33-29-28(26(48-33)19-47-32-25(34(44)45)12-9-18-37-32)49-35(50-29)24-15-13-23(14-16-24)22-10-6-5-7-11-22;2*1-2-29-28(38)34-23-20-24(32-14-31-23)35(15-33-20)26-22-21(41-19(42-22)11-10-16-7-4-3-5-8-16)18(40-26)13-39-25-17(27(36)37)9-6-12-30-25/h5-7,9-16,18,20-21,26,28-29,33,35H,2-4,8,17,19H2,1H3,(H,44,45)(H2,38,39,40,42,46);3-9,12,14-15,18-19,21-22,26H,2,10-11,13H2,1H3,(H,36,37)(H2,29,31,32,34,38);3-9,12,14-15,18-19,21-22,26H,2,13H2,1H3,(H,36,37)(H2,29,31,32,34,38).